The molecule has 1 N–H and O–H groups in total. The fourth-order valence-corrected chi connectivity index (χ4v) is 4.27. The molecule has 0 fully saturated rings. The quantitative estimate of drug-likeness (QED) is 0.139. The Morgan fingerprint density at radius 2 is 0.857 bits per heavy atom. The van der Waals surface area contributed by atoms with Gasteiger partial charge < -0.3 is 9.68 Å². The molecule has 0 aromatic heterocycles. The van der Waals surface area contributed by atoms with Crippen LogP contribution in [0.4, 0.5) is 0 Å². The van der Waals surface area contributed by atoms with E-state index in [2.05, 4.69) is 31.9 Å². The molecule has 0 heterocycles. The first-order chi connectivity index (χ1) is 23.9. The minimum absolute atomic E-state index is 0.00322. The van der Waals surface area contributed by atoms with Crippen LogP contribution in [0.2, 0.25) is 0 Å². The minimum Gasteiger partial charge on any atom is -0.537 e. The van der Waals surface area contributed by atoms with Crippen molar-refractivity contribution in [1.82, 2.24) is 0 Å². The Balaban J connectivity index is 0.000000180. The van der Waals surface area contributed by atoms with E-state index < -0.39 is 0 Å². The first kappa shape index (κ1) is 22.4. The van der Waals surface area contributed by atoms with E-state index in [4.69, 9.17) is 20.6 Å². The number of halogens is 3. The van der Waals surface area contributed by atoms with Crippen molar-refractivity contribution in [2.24, 2.45) is 0 Å². The molecule has 2 nitrogen and oxygen atoms in total. The molecule has 6 heteroatoms. The average Bonchev–Trinajstić information content (AvgIpc) is 3.16. The van der Waals surface area contributed by atoms with Crippen LogP contribution in [-0.4, -0.2) is 12.7 Å². The molecule has 6 aromatic carbocycles. The fourth-order valence-electron chi connectivity index (χ4n) is 3.60. The zero-order valence-corrected chi connectivity index (χ0v) is 27.3. The zero-order chi connectivity index (χ0) is 36.5. The topological polar surface area (TPSA) is 29.5 Å². The highest BCUT2D eigenvalue weighted by Gasteiger charge is 2.00. The van der Waals surface area contributed by atoms with Gasteiger partial charge >= 0.3 is 7.69 Å². The van der Waals surface area contributed by atoms with Gasteiger partial charge in [0.15, 0.2) is 0 Å². The van der Waals surface area contributed by atoms with E-state index in [1.54, 1.807) is 22.6 Å². The molecule has 0 aliphatic carbocycles. The lowest BCUT2D eigenvalue weighted by molar-refractivity contribution is 0.454. The molecule has 6 rings (SSSR count). The standard InChI is InChI=1S/C18H13Br.C12H10BO2.C6H4BrI/c19-18-12-10-17(11-13-18)16-8-6-15(7-9-16)14-4-2-1-3-5-14;14-13-15-12-8-6-11(7-9-12)10-4-2-1-3-5-10;7-5-1-3-6(8)4-2-5/h1-13H;1-9,14H;1-4H/i10D,11D,12D,13D;;1D,2D,3D,4D. The fraction of sp³-hybridized carbons (Fsp3) is 0. The normalized spacial score (nSPS) is 12.6. The van der Waals surface area contributed by atoms with E-state index in [1.807, 2.05) is 109 Å². The lowest BCUT2D eigenvalue weighted by Gasteiger charge is -2.05. The van der Waals surface area contributed by atoms with Crippen LogP contribution in [0.15, 0.2) is 166 Å². The van der Waals surface area contributed by atoms with Crippen molar-refractivity contribution in [3.8, 4) is 39.1 Å². The lowest BCUT2D eigenvalue weighted by atomic mass is 10.0. The summed E-state index contributed by atoms with van der Waals surface area (Å²) < 4.78 is 67.2. The van der Waals surface area contributed by atoms with Crippen LogP contribution < -0.4 is 4.65 Å². The van der Waals surface area contributed by atoms with Gasteiger partial charge in [0, 0.05) is 12.5 Å². The Bertz CT molecular complexity index is 1940. The highest BCUT2D eigenvalue weighted by Crippen LogP contribution is 2.26. The maximum absolute atomic E-state index is 8.46. The smallest absolute Gasteiger partial charge is 0.537 e. The summed E-state index contributed by atoms with van der Waals surface area (Å²) in [7, 11) is 0.678. The van der Waals surface area contributed by atoms with Gasteiger partial charge in [-0.2, -0.15) is 0 Å². The van der Waals surface area contributed by atoms with E-state index in [0.717, 1.165) is 22.3 Å². The summed E-state index contributed by atoms with van der Waals surface area (Å²) in [5.74, 6) is 0.622. The summed E-state index contributed by atoms with van der Waals surface area (Å²) in [5.41, 5.74) is 5.42. The largest absolute Gasteiger partial charge is 0.569 e. The van der Waals surface area contributed by atoms with Crippen molar-refractivity contribution in [2.75, 3.05) is 0 Å². The molecule has 0 aliphatic heterocycles. The van der Waals surface area contributed by atoms with Gasteiger partial charge in [0.2, 0.25) is 0 Å². The van der Waals surface area contributed by atoms with Crippen LogP contribution in [0.3, 0.4) is 0 Å². The van der Waals surface area contributed by atoms with Crippen LogP contribution >= 0.6 is 54.5 Å². The Morgan fingerprint density at radius 3 is 1.29 bits per heavy atom. The van der Waals surface area contributed by atoms with Crippen molar-refractivity contribution >= 4 is 62.1 Å². The number of rotatable bonds is 5. The summed E-state index contributed by atoms with van der Waals surface area (Å²) in [6.07, 6.45) is 0. The van der Waals surface area contributed by atoms with Crippen molar-refractivity contribution in [1.29, 1.82) is 0 Å². The first-order valence-corrected chi connectivity index (χ1v) is 15.1. The van der Waals surface area contributed by atoms with Gasteiger partial charge in [-0.1, -0.05) is 141 Å². The Kier molecular flexibility index (Phi) is 9.10. The van der Waals surface area contributed by atoms with Crippen LogP contribution in [-0.2, 0) is 0 Å². The Hall–Kier alpha value is -3.17. The third-order valence-corrected chi connectivity index (χ3v) is 6.92. The second kappa shape index (κ2) is 17.1. The molecule has 1 radical (unpaired) electrons. The summed E-state index contributed by atoms with van der Waals surface area (Å²) in [6, 6.07) is 34.8. The third kappa shape index (κ3) is 10.3. The molecule has 0 bridgehead atoms. The van der Waals surface area contributed by atoms with Crippen LogP contribution in [0.25, 0.3) is 33.4 Å². The number of hydrogen-bond acceptors (Lipinski definition) is 2. The van der Waals surface area contributed by atoms with E-state index in [9.17, 15) is 0 Å². The monoisotopic (exact) mass is 795 g/mol. The third-order valence-electron chi connectivity index (χ3n) is 5.59. The maximum Gasteiger partial charge on any atom is 0.569 e. The maximum atomic E-state index is 8.46. The summed E-state index contributed by atoms with van der Waals surface area (Å²) in [5, 5.41) is 8.46. The van der Waals surface area contributed by atoms with E-state index in [0.29, 0.717) is 28.1 Å². The molecule has 207 valence electrons. The van der Waals surface area contributed by atoms with Gasteiger partial charge in [-0.3, -0.25) is 0 Å². The second-order valence-electron chi connectivity index (χ2n) is 8.37. The molecular formula is C36H27BBr2IO2. The summed E-state index contributed by atoms with van der Waals surface area (Å²) in [4.78, 5) is 0. The van der Waals surface area contributed by atoms with Crippen LogP contribution in [0.5, 0.6) is 5.75 Å². The SMILES string of the molecule is O[B]Oc1ccc(-c2ccccc2)cc1.[2H]c1c([2H])c(-c2ccc(-c3ccccc3)cc2)c([2H])c([2H])c1Br.[2H]c1c([2H])c(I)c([2H])c([2H])c1Br. The number of hydrogen-bond donors (Lipinski definition) is 1. The molecule has 42 heavy (non-hydrogen) atoms. The van der Waals surface area contributed by atoms with E-state index in [1.165, 1.54) is 0 Å². The molecule has 6 aromatic rings. The van der Waals surface area contributed by atoms with Crippen molar-refractivity contribution < 1.29 is 20.6 Å². The molecule has 0 amide bonds. The van der Waals surface area contributed by atoms with Crippen LogP contribution in [0.1, 0.15) is 11.0 Å². The van der Waals surface area contributed by atoms with E-state index >= 15 is 0 Å². The van der Waals surface area contributed by atoms with E-state index in [-0.39, 0.29) is 57.3 Å². The predicted molar refractivity (Wildman–Crippen MR) is 192 cm³/mol. The van der Waals surface area contributed by atoms with Crippen molar-refractivity contribution in [2.45, 2.75) is 0 Å². The second-order valence-corrected chi connectivity index (χ2v) is 11.0. The molecule has 0 atom stereocenters. The van der Waals surface area contributed by atoms with Crippen molar-refractivity contribution in [3.05, 3.63) is 170 Å². The molecule has 0 aliphatic rings. The Morgan fingerprint density at radius 1 is 0.500 bits per heavy atom. The Labute approximate surface area is 290 Å². The summed E-state index contributed by atoms with van der Waals surface area (Å²) >= 11 is 7.91. The van der Waals surface area contributed by atoms with Gasteiger partial charge in [-0.15, -0.1) is 0 Å². The number of benzene rings is 6. The highest BCUT2D eigenvalue weighted by atomic mass is 127. The zero-order valence-electron chi connectivity index (χ0n) is 30.0. The molecule has 0 saturated carbocycles. The lowest BCUT2D eigenvalue weighted by Crippen LogP contribution is -1.99. The highest BCUT2D eigenvalue weighted by molar-refractivity contribution is 14.1. The minimum atomic E-state index is -0.0619. The average molecular weight is 797 g/mol. The molecular weight excluding hydrogens is 762 g/mol. The van der Waals surface area contributed by atoms with Gasteiger partial charge in [0.25, 0.3) is 0 Å². The molecule has 0 spiro atoms. The first-order valence-electron chi connectivity index (χ1n) is 16.5. The van der Waals surface area contributed by atoms with Gasteiger partial charge in [-0.05, 0) is 104 Å². The van der Waals surface area contributed by atoms with Crippen LogP contribution in [0, 0.1) is 3.57 Å². The predicted octanol–water partition coefficient (Wildman–Crippen LogP) is 11.1. The molecule has 0 unspecified atom stereocenters. The molecule has 0 saturated heterocycles. The van der Waals surface area contributed by atoms with Crippen molar-refractivity contribution in [3.63, 3.8) is 0 Å². The summed E-state index contributed by atoms with van der Waals surface area (Å²) in [6.45, 7) is 0. The van der Waals surface area contributed by atoms with Gasteiger partial charge in [0.05, 0.1) is 11.0 Å². The van der Waals surface area contributed by atoms with Gasteiger partial charge in [-0.25, -0.2) is 0 Å². The van der Waals surface area contributed by atoms with Gasteiger partial charge in [0.1, 0.15) is 5.75 Å².